The van der Waals surface area contributed by atoms with Gasteiger partial charge in [-0.2, -0.15) is 0 Å². The van der Waals surface area contributed by atoms with Crippen molar-refractivity contribution < 1.29 is 8.42 Å². The van der Waals surface area contributed by atoms with Crippen molar-refractivity contribution in [2.24, 2.45) is 5.92 Å². The van der Waals surface area contributed by atoms with Crippen LogP contribution in [0.5, 0.6) is 0 Å². The van der Waals surface area contributed by atoms with E-state index in [4.69, 9.17) is 0 Å². The van der Waals surface area contributed by atoms with E-state index in [2.05, 4.69) is 19.2 Å². The summed E-state index contributed by atoms with van der Waals surface area (Å²) in [6, 6.07) is 7.43. The first-order valence-electron chi connectivity index (χ1n) is 6.58. The molecule has 1 aliphatic rings. The largest absolute Gasteiger partial charge is 0.316 e. The van der Waals surface area contributed by atoms with Crippen LogP contribution in [0.25, 0.3) is 0 Å². The molecule has 2 rings (SSSR count). The Bertz CT molecular complexity index is 510. The first-order valence-corrected chi connectivity index (χ1v) is 8.24. The zero-order valence-corrected chi connectivity index (χ0v) is 11.8. The highest BCUT2D eigenvalue weighted by molar-refractivity contribution is 7.91. The standard InChI is InChI=1S/C14H21NO2S/c1-3-8-15-9-11(2)13-10-18(16,17)14-7-5-4-6-12(13)14/h4-7,11,13,15H,3,8-10H2,1-2H3. The summed E-state index contributed by atoms with van der Waals surface area (Å²) < 4.78 is 24.2. The number of fused-ring (bicyclic) bond motifs is 1. The summed E-state index contributed by atoms with van der Waals surface area (Å²) >= 11 is 0. The van der Waals surface area contributed by atoms with Gasteiger partial charge in [0, 0.05) is 5.92 Å². The molecule has 0 amide bonds. The smallest absolute Gasteiger partial charge is 0.179 e. The lowest BCUT2D eigenvalue weighted by Crippen LogP contribution is -2.26. The average molecular weight is 267 g/mol. The van der Waals surface area contributed by atoms with Gasteiger partial charge < -0.3 is 5.32 Å². The predicted octanol–water partition coefficient (Wildman–Crippen LogP) is 2.19. The third-order valence-corrected chi connectivity index (χ3v) is 5.47. The normalized spacial score (nSPS) is 22.7. The van der Waals surface area contributed by atoms with Crippen molar-refractivity contribution in [3.05, 3.63) is 29.8 Å². The molecule has 1 aromatic carbocycles. The first kappa shape index (κ1) is 13.6. The zero-order valence-electron chi connectivity index (χ0n) is 11.0. The lowest BCUT2D eigenvalue weighted by atomic mass is 9.89. The summed E-state index contributed by atoms with van der Waals surface area (Å²) in [6.45, 7) is 6.13. The maximum atomic E-state index is 12.1. The summed E-state index contributed by atoms with van der Waals surface area (Å²) in [4.78, 5) is 0.539. The van der Waals surface area contributed by atoms with E-state index in [1.807, 2.05) is 12.1 Å². The van der Waals surface area contributed by atoms with Crippen LogP contribution in [0.1, 0.15) is 31.7 Å². The van der Waals surface area contributed by atoms with E-state index < -0.39 is 9.84 Å². The minimum Gasteiger partial charge on any atom is -0.316 e. The molecule has 0 bridgehead atoms. The van der Waals surface area contributed by atoms with Crippen molar-refractivity contribution in [1.29, 1.82) is 0 Å². The van der Waals surface area contributed by atoms with Crippen LogP contribution in [0.3, 0.4) is 0 Å². The third kappa shape index (κ3) is 2.59. The third-order valence-electron chi connectivity index (χ3n) is 3.63. The Kier molecular flexibility index (Phi) is 4.07. The Morgan fingerprint density at radius 1 is 1.39 bits per heavy atom. The van der Waals surface area contributed by atoms with Gasteiger partial charge in [-0.25, -0.2) is 8.42 Å². The van der Waals surface area contributed by atoms with Gasteiger partial charge in [0.15, 0.2) is 9.84 Å². The van der Waals surface area contributed by atoms with E-state index in [1.165, 1.54) is 0 Å². The van der Waals surface area contributed by atoms with Crippen molar-refractivity contribution in [3.8, 4) is 0 Å². The fourth-order valence-corrected chi connectivity index (χ4v) is 4.63. The second-order valence-corrected chi connectivity index (χ2v) is 7.11. The SMILES string of the molecule is CCCNCC(C)C1CS(=O)(=O)c2ccccc21. The van der Waals surface area contributed by atoms with Crippen molar-refractivity contribution in [2.75, 3.05) is 18.8 Å². The van der Waals surface area contributed by atoms with Crippen LogP contribution in [0, 0.1) is 5.92 Å². The highest BCUT2D eigenvalue weighted by atomic mass is 32.2. The lowest BCUT2D eigenvalue weighted by molar-refractivity contribution is 0.451. The number of benzene rings is 1. The molecular weight excluding hydrogens is 246 g/mol. The maximum absolute atomic E-state index is 12.1. The van der Waals surface area contributed by atoms with Gasteiger partial charge in [0.2, 0.25) is 0 Å². The average Bonchev–Trinajstić information content (AvgIpc) is 2.63. The second-order valence-electron chi connectivity index (χ2n) is 5.11. The van der Waals surface area contributed by atoms with E-state index in [0.717, 1.165) is 25.1 Å². The number of nitrogens with one attached hydrogen (secondary N) is 1. The summed E-state index contributed by atoms with van der Waals surface area (Å²) in [7, 11) is -3.06. The monoisotopic (exact) mass is 267 g/mol. The molecule has 1 heterocycles. The van der Waals surface area contributed by atoms with Gasteiger partial charge in [0.1, 0.15) is 0 Å². The van der Waals surface area contributed by atoms with Crippen LogP contribution in [0.15, 0.2) is 29.2 Å². The number of rotatable bonds is 5. The molecule has 0 aliphatic carbocycles. The van der Waals surface area contributed by atoms with Crippen molar-refractivity contribution in [2.45, 2.75) is 31.1 Å². The molecule has 2 atom stereocenters. The summed E-state index contributed by atoms with van der Waals surface area (Å²) in [6.07, 6.45) is 1.10. The van der Waals surface area contributed by atoms with Crippen LogP contribution >= 0.6 is 0 Å². The fourth-order valence-electron chi connectivity index (χ4n) is 2.61. The molecule has 0 saturated heterocycles. The van der Waals surface area contributed by atoms with Crippen LogP contribution in [-0.4, -0.2) is 27.3 Å². The van der Waals surface area contributed by atoms with E-state index >= 15 is 0 Å². The number of sulfone groups is 1. The maximum Gasteiger partial charge on any atom is 0.179 e. The topological polar surface area (TPSA) is 46.2 Å². The molecule has 1 aliphatic heterocycles. The molecule has 0 radical (unpaired) electrons. The van der Waals surface area contributed by atoms with Gasteiger partial charge >= 0.3 is 0 Å². The van der Waals surface area contributed by atoms with Gasteiger partial charge in [-0.3, -0.25) is 0 Å². The summed E-state index contributed by atoms with van der Waals surface area (Å²) in [5.41, 5.74) is 1.00. The van der Waals surface area contributed by atoms with E-state index in [0.29, 0.717) is 10.8 Å². The molecule has 1 N–H and O–H groups in total. The molecule has 4 heteroatoms. The number of hydrogen-bond acceptors (Lipinski definition) is 3. The van der Waals surface area contributed by atoms with Crippen molar-refractivity contribution in [1.82, 2.24) is 5.32 Å². The highest BCUT2D eigenvalue weighted by Crippen LogP contribution is 2.38. The molecule has 3 nitrogen and oxygen atoms in total. The molecular formula is C14H21NO2S. The van der Waals surface area contributed by atoms with Gasteiger partial charge in [-0.15, -0.1) is 0 Å². The minimum absolute atomic E-state index is 0.135. The minimum atomic E-state index is -3.06. The number of hydrogen-bond donors (Lipinski definition) is 1. The molecule has 1 aromatic rings. The second kappa shape index (κ2) is 5.41. The van der Waals surface area contributed by atoms with Gasteiger partial charge in [-0.05, 0) is 37.1 Å². The first-order chi connectivity index (χ1) is 8.56. The molecule has 18 heavy (non-hydrogen) atoms. The van der Waals surface area contributed by atoms with Crippen molar-refractivity contribution >= 4 is 9.84 Å². The molecule has 0 spiro atoms. The highest BCUT2D eigenvalue weighted by Gasteiger charge is 2.36. The Morgan fingerprint density at radius 3 is 2.83 bits per heavy atom. The zero-order chi connectivity index (χ0) is 13.2. The molecule has 0 fully saturated rings. The van der Waals surface area contributed by atoms with Crippen LogP contribution < -0.4 is 5.32 Å². The summed E-state index contributed by atoms with van der Waals surface area (Å²) in [5.74, 6) is 0.743. The quantitative estimate of drug-likeness (QED) is 0.832. The van der Waals surface area contributed by atoms with E-state index in [9.17, 15) is 8.42 Å². The van der Waals surface area contributed by atoms with Crippen LogP contribution in [0.2, 0.25) is 0 Å². The predicted molar refractivity (Wildman–Crippen MR) is 73.6 cm³/mol. The lowest BCUT2D eigenvalue weighted by Gasteiger charge is -2.19. The molecule has 100 valence electrons. The van der Waals surface area contributed by atoms with E-state index in [-0.39, 0.29) is 11.7 Å². The molecule has 0 aromatic heterocycles. The molecule has 0 saturated carbocycles. The summed E-state index contributed by atoms with van der Waals surface area (Å²) in [5, 5.41) is 3.38. The Labute approximate surface area is 110 Å². The Balaban J connectivity index is 2.17. The van der Waals surface area contributed by atoms with E-state index in [1.54, 1.807) is 12.1 Å². The van der Waals surface area contributed by atoms with Gasteiger partial charge in [-0.1, -0.05) is 32.0 Å². The van der Waals surface area contributed by atoms with Gasteiger partial charge in [0.05, 0.1) is 10.6 Å². The molecule has 2 unspecified atom stereocenters. The van der Waals surface area contributed by atoms with Crippen LogP contribution in [-0.2, 0) is 9.84 Å². The fraction of sp³-hybridized carbons (Fsp3) is 0.571. The Hall–Kier alpha value is -0.870. The van der Waals surface area contributed by atoms with Crippen molar-refractivity contribution in [3.63, 3.8) is 0 Å². The Morgan fingerprint density at radius 2 is 2.11 bits per heavy atom. The van der Waals surface area contributed by atoms with Gasteiger partial charge in [0.25, 0.3) is 0 Å². The van der Waals surface area contributed by atoms with Crippen LogP contribution in [0.4, 0.5) is 0 Å².